The lowest BCUT2D eigenvalue weighted by Gasteiger charge is -2.22. The average molecular weight is 346 g/mol. The molecule has 2 heterocycles. The Balaban J connectivity index is 1.50. The number of hydrogen-bond acceptors (Lipinski definition) is 3. The molecular weight excluding hydrogens is 323 g/mol. The van der Waals surface area contributed by atoms with Crippen LogP contribution in [0.4, 0.5) is 4.39 Å². The van der Waals surface area contributed by atoms with Gasteiger partial charge in [0.2, 0.25) is 5.91 Å². The summed E-state index contributed by atoms with van der Waals surface area (Å²) in [4.78, 5) is 27.2. The molecule has 25 heavy (non-hydrogen) atoms. The maximum atomic E-state index is 13.5. The fourth-order valence-electron chi connectivity index (χ4n) is 4.40. The molecule has 0 spiro atoms. The summed E-state index contributed by atoms with van der Waals surface area (Å²) in [6, 6.07) is 5.86. The van der Waals surface area contributed by atoms with Crippen LogP contribution >= 0.6 is 0 Å². The third-order valence-electron chi connectivity index (χ3n) is 5.66. The van der Waals surface area contributed by atoms with Gasteiger partial charge in [0.15, 0.2) is 0 Å². The number of fused-ring (bicyclic) bond motifs is 1. The zero-order chi connectivity index (χ0) is 17.4. The van der Waals surface area contributed by atoms with Crippen molar-refractivity contribution in [2.24, 2.45) is 5.92 Å². The van der Waals surface area contributed by atoms with E-state index < -0.39 is 5.82 Å². The van der Waals surface area contributed by atoms with Gasteiger partial charge in [-0.15, -0.1) is 0 Å². The number of hydrogen-bond donors (Lipinski definition) is 1. The van der Waals surface area contributed by atoms with Crippen molar-refractivity contribution in [2.75, 3.05) is 13.2 Å². The fraction of sp³-hybridized carbons (Fsp3) is 0.579. The first-order valence-electron chi connectivity index (χ1n) is 9.12. The molecule has 2 amide bonds. The SMILES string of the molecule is O=C(NC1CCCC1)C1CN(C(=O)c2cccc(F)c2)C2CCOC12. The van der Waals surface area contributed by atoms with E-state index in [4.69, 9.17) is 4.74 Å². The highest BCUT2D eigenvalue weighted by Crippen LogP contribution is 2.35. The Morgan fingerprint density at radius 1 is 1.20 bits per heavy atom. The molecule has 2 aliphatic heterocycles. The van der Waals surface area contributed by atoms with Crippen LogP contribution in [0.25, 0.3) is 0 Å². The first-order chi connectivity index (χ1) is 12.1. The van der Waals surface area contributed by atoms with Gasteiger partial charge in [-0.05, 0) is 37.5 Å². The summed E-state index contributed by atoms with van der Waals surface area (Å²) in [6.45, 7) is 0.888. The van der Waals surface area contributed by atoms with Gasteiger partial charge in [0.05, 0.1) is 18.1 Å². The Bertz CT molecular complexity index is 674. The predicted molar refractivity (Wildman–Crippen MR) is 89.5 cm³/mol. The molecule has 1 aliphatic carbocycles. The molecule has 1 saturated carbocycles. The van der Waals surface area contributed by atoms with Crippen molar-refractivity contribution in [3.63, 3.8) is 0 Å². The zero-order valence-electron chi connectivity index (χ0n) is 14.1. The van der Waals surface area contributed by atoms with Crippen LogP contribution in [-0.2, 0) is 9.53 Å². The molecule has 1 N–H and O–H groups in total. The first-order valence-corrected chi connectivity index (χ1v) is 9.12. The molecule has 6 heteroatoms. The van der Waals surface area contributed by atoms with Crippen LogP contribution in [0.2, 0.25) is 0 Å². The third-order valence-corrected chi connectivity index (χ3v) is 5.66. The van der Waals surface area contributed by atoms with Crippen molar-refractivity contribution in [1.82, 2.24) is 10.2 Å². The Kier molecular flexibility index (Phi) is 4.46. The molecule has 3 unspecified atom stereocenters. The average Bonchev–Trinajstić information content (AvgIpc) is 3.31. The van der Waals surface area contributed by atoms with E-state index in [9.17, 15) is 14.0 Å². The quantitative estimate of drug-likeness (QED) is 0.912. The summed E-state index contributed by atoms with van der Waals surface area (Å²) < 4.78 is 19.2. The summed E-state index contributed by atoms with van der Waals surface area (Å²) in [7, 11) is 0. The minimum atomic E-state index is -0.431. The van der Waals surface area contributed by atoms with Gasteiger partial charge in [-0.25, -0.2) is 4.39 Å². The molecule has 3 aliphatic rings. The number of nitrogens with one attached hydrogen (secondary N) is 1. The predicted octanol–water partition coefficient (Wildman–Crippen LogP) is 2.11. The normalized spacial score (nSPS) is 29.0. The largest absolute Gasteiger partial charge is 0.375 e. The highest BCUT2D eigenvalue weighted by Gasteiger charge is 2.50. The smallest absolute Gasteiger partial charge is 0.254 e. The van der Waals surface area contributed by atoms with Crippen molar-refractivity contribution >= 4 is 11.8 Å². The van der Waals surface area contributed by atoms with Crippen LogP contribution in [0.5, 0.6) is 0 Å². The lowest BCUT2D eigenvalue weighted by Crippen LogP contribution is -2.42. The second-order valence-electron chi connectivity index (χ2n) is 7.26. The molecule has 0 aromatic heterocycles. The number of benzene rings is 1. The number of rotatable bonds is 3. The van der Waals surface area contributed by atoms with Crippen LogP contribution in [0, 0.1) is 11.7 Å². The third kappa shape index (κ3) is 3.15. The Morgan fingerprint density at radius 2 is 2.00 bits per heavy atom. The summed E-state index contributed by atoms with van der Waals surface area (Å²) in [5.41, 5.74) is 0.322. The second-order valence-corrected chi connectivity index (χ2v) is 7.26. The minimum absolute atomic E-state index is 0.0154. The van der Waals surface area contributed by atoms with E-state index in [-0.39, 0.29) is 35.9 Å². The minimum Gasteiger partial charge on any atom is -0.375 e. The Morgan fingerprint density at radius 3 is 2.76 bits per heavy atom. The van der Waals surface area contributed by atoms with E-state index in [1.165, 1.54) is 18.2 Å². The lowest BCUT2D eigenvalue weighted by molar-refractivity contribution is -0.128. The van der Waals surface area contributed by atoms with Gasteiger partial charge in [-0.1, -0.05) is 18.9 Å². The molecule has 0 bridgehead atoms. The van der Waals surface area contributed by atoms with E-state index >= 15 is 0 Å². The Labute approximate surface area is 146 Å². The second kappa shape index (κ2) is 6.75. The molecule has 1 aromatic carbocycles. The number of ether oxygens (including phenoxy) is 1. The summed E-state index contributed by atoms with van der Waals surface area (Å²) in [5.74, 6) is -1.01. The van der Waals surface area contributed by atoms with E-state index in [2.05, 4.69) is 5.32 Å². The molecule has 4 rings (SSSR count). The number of halogens is 1. The van der Waals surface area contributed by atoms with Crippen LogP contribution < -0.4 is 5.32 Å². The molecule has 1 aromatic rings. The summed E-state index contributed by atoms with van der Waals surface area (Å²) in [5, 5.41) is 3.12. The summed E-state index contributed by atoms with van der Waals surface area (Å²) >= 11 is 0. The van der Waals surface area contributed by atoms with Gasteiger partial charge in [0.1, 0.15) is 5.82 Å². The van der Waals surface area contributed by atoms with Gasteiger partial charge in [0, 0.05) is 24.8 Å². The van der Waals surface area contributed by atoms with Crippen molar-refractivity contribution in [3.05, 3.63) is 35.6 Å². The van der Waals surface area contributed by atoms with Gasteiger partial charge < -0.3 is 15.0 Å². The molecule has 134 valence electrons. The monoisotopic (exact) mass is 346 g/mol. The van der Waals surface area contributed by atoms with Gasteiger partial charge >= 0.3 is 0 Å². The van der Waals surface area contributed by atoms with Crippen LogP contribution in [0.15, 0.2) is 24.3 Å². The van der Waals surface area contributed by atoms with Crippen molar-refractivity contribution in [2.45, 2.75) is 50.3 Å². The number of nitrogens with zero attached hydrogens (tertiary/aromatic N) is 1. The lowest BCUT2D eigenvalue weighted by atomic mass is 10.0. The van der Waals surface area contributed by atoms with Crippen LogP contribution in [0.3, 0.4) is 0 Å². The number of likely N-dealkylation sites (tertiary alicyclic amines) is 1. The van der Waals surface area contributed by atoms with Crippen molar-refractivity contribution < 1.29 is 18.7 Å². The van der Waals surface area contributed by atoms with Gasteiger partial charge in [-0.3, -0.25) is 9.59 Å². The molecule has 5 nitrogen and oxygen atoms in total. The molecule has 3 fully saturated rings. The standard InChI is InChI=1S/C19H23FN2O3/c20-13-5-3-4-12(10-13)19(24)22-11-15(17-16(22)8-9-25-17)18(23)21-14-6-1-2-7-14/h3-5,10,14-17H,1-2,6-9,11H2,(H,21,23). The van der Waals surface area contributed by atoms with E-state index in [0.29, 0.717) is 18.7 Å². The topological polar surface area (TPSA) is 58.6 Å². The van der Waals surface area contributed by atoms with E-state index in [1.54, 1.807) is 11.0 Å². The highest BCUT2D eigenvalue weighted by atomic mass is 19.1. The first kappa shape index (κ1) is 16.5. The van der Waals surface area contributed by atoms with Gasteiger partial charge in [-0.2, -0.15) is 0 Å². The molecule has 2 saturated heterocycles. The van der Waals surface area contributed by atoms with Crippen molar-refractivity contribution in [1.29, 1.82) is 0 Å². The number of carbonyl (C=O) groups is 2. The maximum absolute atomic E-state index is 13.5. The van der Waals surface area contributed by atoms with Crippen LogP contribution in [-0.4, -0.2) is 48.1 Å². The Hall–Kier alpha value is -1.95. The zero-order valence-corrected chi connectivity index (χ0v) is 14.1. The number of carbonyl (C=O) groups excluding carboxylic acids is 2. The highest BCUT2D eigenvalue weighted by molar-refractivity contribution is 5.95. The van der Waals surface area contributed by atoms with Crippen LogP contribution in [0.1, 0.15) is 42.5 Å². The number of amides is 2. The molecular formula is C19H23FN2O3. The summed E-state index contributed by atoms with van der Waals surface area (Å²) in [6.07, 6.45) is 4.83. The maximum Gasteiger partial charge on any atom is 0.254 e. The van der Waals surface area contributed by atoms with Gasteiger partial charge in [0.25, 0.3) is 5.91 Å². The van der Waals surface area contributed by atoms with E-state index in [1.807, 2.05) is 0 Å². The molecule has 3 atom stereocenters. The molecule has 0 radical (unpaired) electrons. The fourth-order valence-corrected chi connectivity index (χ4v) is 4.40. The van der Waals surface area contributed by atoms with Crippen molar-refractivity contribution in [3.8, 4) is 0 Å². The van der Waals surface area contributed by atoms with E-state index in [0.717, 1.165) is 32.1 Å².